The van der Waals surface area contributed by atoms with Crippen LogP contribution in [0, 0.1) is 27.7 Å². The number of Topliss-reactive ketones (excluding diaryl/α,β-unsaturated/α-hetero) is 1. The Labute approximate surface area is 171 Å². The highest BCUT2D eigenvalue weighted by atomic mass is 32.2. The van der Waals surface area contributed by atoms with Crippen LogP contribution in [0.3, 0.4) is 0 Å². The molecule has 0 saturated carbocycles. The molecule has 0 bridgehead atoms. The van der Waals surface area contributed by atoms with Crippen LogP contribution in [-0.2, 0) is 19.6 Å². The number of aryl methyl sites for hydroxylation is 1. The highest BCUT2D eigenvalue weighted by molar-refractivity contribution is 7.92. The van der Waals surface area contributed by atoms with Gasteiger partial charge in [-0.05, 0) is 67.7 Å². The normalized spacial score (nSPS) is 11.6. The van der Waals surface area contributed by atoms with Gasteiger partial charge in [0.2, 0.25) is 15.8 Å². The minimum Gasteiger partial charge on any atom is -0.456 e. The lowest BCUT2D eigenvalue weighted by Gasteiger charge is -2.13. The SMILES string of the molecule is Cc1cc(C(=O)COC(=O)CNS(=O)(=O)/C=C/c2ccccc2)c(C)c(C)c1C. The van der Waals surface area contributed by atoms with Crippen molar-refractivity contribution in [2.24, 2.45) is 0 Å². The van der Waals surface area contributed by atoms with E-state index in [2.05, 4.69) is 4.72 Å². The number of benzene rings is 2. The van der Waals surface area contributed by atoms with E-state index >= 15 is 0 Å². The zero-order valence-electron chi connectivity index (χ0n) is 17.0. The summed E-state index contributed by atoms with van der Waals surface area (Å²) in [7, 11) is -3.80. The minimum absolute atomic E-state index is 0.325. The van der Waals surface area contributed by atoms with Crippen LogP contribution in [0.1, 0.15) is 38.2 Å². The molecule has 154 valence electrons. The molecule has 0 unspecified atom stereocenters. The largest absolute Gasteiger partial charge is 0.456 e. The lowest BCUT2D eigenvalue weighted by atomic mass is 9.93. The standard InChI is InChI=1S/C22H25NO5S/c1-15-12-20(18(4)17(3)16(15)2)21(24)14-28-22(25)13-23-29(26,27)11-10-19-8-6-5-7-9-19/h5-12,23H,13-14H2,1-4H3/b11-10+. The molecule has 0 radical (unpaired) electrons. The summed E-state index contributed by atoms with van der Waals surface area (Å²) in [5, 5.41) is 0.974. The van der Waals surface area contributed by atoms with Gasteiger partial charge in [-0.25, -0.2) is 13.1 Å². The van der Waals surface area contributed by atoms with E-state index < -0.39 is 29.1 Å². The lowest BCUT2D eigenvalue weighted by molar-refractivity contribution is -0.141. The second-order valence-corrected chi connectivity index (χ2v) is 8.43. The van der Waals surface area contributed by atoms with Crippen LogP contribution in [0.15, 0.2) is 41.8 Å². The third-order valence-corrected chi connectivity index (χ3v) is 5.84. The maximum atomic E-state index is 12.4. The number of ether oxygens (including phenoxy) is 1. The van der Waals surface area contributed by atoms with E-state index in [1.54, 1.807) is 30.3 Å². The van der Waals surface area contributed by atoms with E-state index in [1.807, 2.05) is 33.8 Å². The number of hydrogen-bond donors (Lipinski definition) is 1. The summed E-state index contributed by atoms with van der Waals surface area (Å²) < 4.78 is 31.0. The average molecular weight is 416 g/mol. The molecule has 0 aliphatic heterocycles. The van der Waals surface area contributed by atoms with E-state index in [0.717, 1.165) is 27.7 Å². The third-order valence-electron chi connectivity index (χ3n) is 4.80. The summed E-state index contributed by atoms with van der Waals surface area (Å²) >= 11 is 0. The van der Waals surface area contributed by atoms with Crippen molar-refractivity contribution in [3.8, 4) is 0 Å². The molecule has 0 aromatic heterocycles. The number of esters is 1. The molecule has 0 amide bonds. The van der Waals surface area contributed by atoms with Gasteiger partial charge in [0.1, 0.15) is 6.54 Å². The van der Waals surface area contributed by atoms with Crippen LogP contribution < -0.4 is 4.72 Å². The summed E-state index contributed by atoms with van der Waals surface area (Å²) in [5.41, 5.74) is 5.20. The molecule has 6 nitrogen and oxygen atoms in total. The Balaban J connectivity index is 1.90. The lowest BCUT2D eigenvalue weighted by Crippen LogP contribution is -2.30. The number of carbonyl (C=O) groups excluding carboxylic acids is 2. The van der Waals surface area contributed by atoms with Crippen molar-refractivity contribution in [3.63, 3.8) is 0 Å². The smallest absolute Gasteiger partial charge is 0.321 e. The van der Waals surface area contributed by atoms with Crippen LogP contribution in [-0.4, -0.2) is 33.3 Å². The van der Waals surface area contributed by atoms with Crippen LogP contribution in [0.5, 0.6) is 0 Å². The Kier molecular flexibility index (Phi) is 7.47. The first-order valence-electron chi connectivity index (χ1n) is 9.09. The fourth-order valence-electron chi connectivity index (χ4n) is 2.72. The Bertz CT molecular complexity index is 1040. The molecule has 7 heteroatoms. The van der Waals surface area contributed by atoms with Gasteiger partial charge in [0, 0.05) is 11.0 Å². The molecule has 29 heavy (non-hydrogen) atoms. The molecule has 2 rings (SSSR count). The van der Waals surface area contributed by atoms with Crippen molar-refractivity contribution in [3.05, 3.63) is 75.2 Å². The number of nitrogens with one attached hydrogen (secondary N) is 1. The van der Waals surface area contributed by atoms with Crippen LogP contribution in [0.2, 0.25) is 0 Å². The maximum Gasteiger partial charge on any atom is 0.321 e. The third kappa shape index (κ3) is 6.37. The Hall–Kier alpha value is -2.77. The summed E-state index contributed by atoms with van der Waals surface area (Å²) in [4.78, 5) is 24.3. The molecule has 0 atom stereocenters. The van der Waals surface area contributed by atoms with Crippen LogP contribution in [0.25, 0.3) is 6.08 Å². The predicted octanol–water partition coefficient (Wildman–Crippen LogP) is 3.24. The number of ketones is 1. The molecule has 0 aliphatic carbocycles. The van der Waals surface area contributed by atoms with Crippen molar-refractivity contribution in [2.75, 3.05) is 13.2 Å². The Morgan fingerprint density at radius 3 is 2.31 bits per heavy atom. The first kappa shape index (κ1) is 22.5. The molecule has 2 aromatic carbocycles. The molecule has 2 aromatic rings. The Morgan fingerprint density at radius 1 is 1.00 bits per heavy atom. The van der Waals surface area contributed by atoms with Crippen molar-refractivity contribution in [1.82, 2.24) is 4.72 Å². The van der Waals surface area contributed by atoms with Gasteiger partial charge in [-0.3, -0.25) is 9.59 Å². The van der Waals surface area contributed by atoms with E-state index in [-0.39, 0.29) is 5.78 Å². The van der Waals surface area contributed by atoms with Gasteiger partial charge in [0.05, 0.1) is 0 Å². The monoisotopic (exact) mass is 415 g/mol. The highest BCUT2D eigenvalue weighted by Gasteiger charge is 2.16. The molecule has 0 heterocycles. The topological polar surface area (TPSA) is 89.5 Å². The summed E-state index contributed by atoms with van der Waals surface area (Å²) in [6.07, 6.45) is 1.42. The van der Waals surface area contributed by atoms with Crippen LogP contribution >= 0.6 is 0 Å². The molecule has 1 N–H and O–H groups in total. The Morgan fingerprint density at radius 2 is 1.66 bits per heavy atom. The number of sulfonamides is 1. The van der Waals surface area contributed by atoms with E-state index in [4.69, 9.17) is 4.74 Å². The molecule has 0 saturated heterocycles. The van der Waals surface area contributed by atoms with Gasteiger partial charge in [-0.2, -0.15) is 0 Å². The summed E-state index contributed by atoms with van der Waals surface area (Å²) in [5.74, 6) is -1.15. The van der Waals surface area contributed by atoms with Crippen molar-refractivity contribution < 1.29 is 22.7 Å². The molecular weight excluding hydrogens is 390 g/mol. The molecule has 0 fully saturated rings. The first-order chi connectivity index (χ1) is 13.6. The average Bonchev–Trinajstić information content (AvgIpc) is 2.71. The summed E-state index contributed by atoms with van der Waals surface area (Å²) in [6, 6.07) is 10.7. The van der Waals surface area contributed by atoms with Gasteiger partial charge in [-0.15, -0.1) is 0 Å². The highest BCUT2D eigenvalue weighted by Crippen LogP contribution is 2.21. The number of rotatable bonds is 8. The van der Waals surface area contributed by atoms with E-state index in [0.29, 0.717) is 11.1 Å². The molecule has 0 aliphatic rings. The number of carbonyl (C=O) groups is 2. The van der Waals surface area contributed by atoms with Crippen molar-refractivity contribution in [2.45, 2.75) is 27.7 Å². The van der Waals surface area contributed by atoms with Crippen molar-refractivity contribution >= 4 is 27.9 Å². The quantitative estimate of drug-likeness (QED) is 0.528. The molecular formula is C22H25NO5S. The fourth-order valence-corrected chi connectivity index (χ4v) is 3.47. The second kappa shape index (κ2) is 9.62. The fraction of sp³-hybridized carbons (Fsp3) is 0.273. The van der Waals surface area contributed by atoms with Gasteiger partial charge in [0.25, 0.3) is 0 Å². The maximum absolute atomic E-state index is 12.4. The van der Waals surface area contributed by atoms with Gasteiger partial charge in [-0.1, -0.05) is 30.3 Å². The van der Waals surface area contributed by atoms with Gasteiger partial charge < -0.3 is 4.74 Å². The van der Waals surface area contributed by atoms with Crippen molar-refractivity contribution in [1.29, 1.82) is 0 Å². The molecule has 0 spiro atoms. The van der Waals surface area contributed by atoms with E-state index in [1.165, 1.54) is 6.08 Å². The summed E-state index contributed by atoms with van der Waals surface area (Å²) in [6.45, 7) is 6.71. The minimum atomic E-state index is -3.80. The van der Waals surface area contributed by atoms with Crippen LogP contribution in [0.4, 0.5) is 0 Å². The first-order valence-corrected chi connectivity index (χ1v) is 10.6. The zero-order valence-corrected chi connectivity index (χ0v) is 17.8. The van der Waals surface area contributed by atoms with Gasteiger partial charge in [0.15, 0.2) is 6.61 Å². The van der Waals surface area contributed by atoms with E-state index in [9.17, 15) is 18.0 Å². The van der Waals surface area contributed by atoms with Gasteiger partial charge >= 0.3 is 5.97 Å². The second-order valence-electron chi connectivity index (χ2n) is 6.78. The predicted molar refractivity (Wildman–Crippen MR) is 113 cm³/mol. The zero-order chi connectivity index (χ0) is 21.6. The number of hydrogen-bond acceptors (Lipinski definition) is 5.